The van der Waals surface area contributed by atoms with Crippen LogP contribution in [-0.4, -0.2) is 68.1 Å². The Labute approximate surface area is 138 Å². The average molecular weight is 315 g/mol. The molecular formula is C18H38N2O2. The lowest BCUT2D eigenvalue weighted by atomic mass is 9.94. The second kappa shape index (κ2) is 11.4. The molecule has 0 bridgehead atoms. The Kier molecular flexibility index (Phi) is 10.3. The summed E-state index contributed by atoms with van der Waals surface area (Å²) < 4.78 is 12.5. The van der Waals surface area contributed by atoms with Crippen molar-refractivity contribution in [1.82, 2.24) is 9.80 Å². The molecule has 0 radical (unpaired) electrons. The van der Waals surface area contributed by atoms with Crippen molar-refractivity contribution >= 4 is 0 Å². The zero-order valence-electron chi connectivity index (χ0n) is 15.4. The minimum atomic E-state index is -0.307. The van der Waals surface area contributed by atoms with Crippen LogP contribution in [0.3, 0.4) is 0 Å². The SMILES string of the molecule is CCN(CC)CCOC1(OCCN(CC)CC)CCCCC1. The van der Waals surface area contributed by atoms with Crippen molar-refractivity contribution in [1.29, 1.82) is 0 Å². The van der Waals surface area contributed by atoms with Crippen molar-refractivity contribution in [2.75, 3.05) is 52.5 Å². The van der Waals surface area contributed by atoms with Crippen molar-refractivity contribution in [3.05, 3.63) is 0 Å². The Bertz CT molecular complexity index is 240. The second-order valence-corrected chi connectivity index (χ2v) is 6.22. The number of hydrogen-bond donors (Lipinski definition) is 0. The Balaban J connectivity index is 2.40. The second-order valence-electron chi connectivity index (χ2n) is 6.22. The van der Waals surface area contributed by atoms with Crippen LogP contribution in [0, 0.1) is 0 Å². The highest BCUT2D eigenvalue weighted by molar-refractivity contribution is 4.76. The van der Waals surface area contributed by atoms with E-state index in [9.17, 15) is 0 Å². The van der Waals surface area contributed by atoms with Gasteiger partial charge in [-0.1, -0.05) is 34.1 Å². The monoisotopic (exact) mass is 314 g/mol. The predicted octanol–water partition coefficient (Wildman–Crippen LogP) is 3.36. The van der Waals surface area contributed by atoms with Gasteiger partial charge in [0.15, 0.2) is 5.79 Å². The molecule has 0 heterocycles. The quantitative estimate of drug-likeness (QED) is 0.516. The first kappa shape index (κ1) is 19.9. The van der Waals surface area contributed by atoms with E-state index in [2.05, 4.69) is 37.5 Å². The standard InChI is InChI=1S/C18H38N2O2/c1-5-19(6-2)14-16-21-18(12-10-9-11-13-18)22-17-15-20(7-3)8-4/h5-17H2,1-4H3. The van der Waals surface area contributed by atoms with E-state index < -0.39 is 0 Å². The van der Waals surface area contributed by atoms with Crippen molar-refractivity contribution in [3.8, 4) is 0 Å². The van der Waals surface area contributed by atoms with Gasteiger partial charge < -0.3 is 19.3 Å². The number of hydrogen-bond acceptors (Lipinski definition) is 4. The Morgan fingerprint density at radius 1 is 0.682 bits per heavy atom. The van der Waals surface area contributed by atoms with Gasteiger partial charge in [-0.15, -0.1) is 0 Å². The Morgan fingerprint density at radius 2 is 1.09 bits per heavy atom. The molecule has 0 atom stereocenters. The molecule has 1 aliphatic rings. The molecule has 0 aromatic heterocycles. The Morgan fingerprint density at radius 3 is 1.45 bits per heavy atom. The zero-order chi connectivity index (χ0) is 16.3. The van der Waals surface area contributed by atoms with E-state index >= 15 is 0 Å². The molecule has 0 N–H and O–H groups in total. The molecule has 0 spiro atoms. The lowest BCUT2D eigenvalue weighted by molar-refractivity contribution is -0.254. The van der Waals surface area contributed by atoms with Crippen LogP contribution in [0.2, 0.25) is 0 Å². The van der Waals surface area contributed by atoms with E-state index in [0.29, 0.717) is 0 Å². The van der Waals surface area contributed by atoms with Crippen LogP contribution >= 0.6 is 0 Å². The minimum Gasteiger partial charge on any atom is -0.349 e. The lowest BCUT2D eigenvalue weighted by Crippen LogP contribution is -2.42. The van der Waals surface area contributed by atoms with Crippen LogP contribution in [0.4, 0.5) is 0 Å². The molecule has 4 nitrogen and oxygen atoms in total. The summed E-state index contributed by atoms with van der Waals surface area (Å²) in [6.07, 6.45) is 5.90. The molecule has 0 aromatic rings. The van der Waals surface area contributed by atoms with E-state index in [0.717, 1.165) is 65.3 Å². The summed E-state index contributed by atoms with van der Waals surface area (Å²) in [5.41, 5.74) is 0. The van der Waals surface area contributed by atoms with Crippen molar-refractivity contribution in [3.63, 3.8) is 0 Å². The first-order chi connectivity index (χ1) is 10.7. The fourth-order valence-electron chi connectivity index (χ4n) is 3.22. The molecule has 1 aliphatic carbocycles. The molecule has 0 unspecified atom stereocenters. The molecule has 0 amide bonds. The smallest absolute Gasteiger partial charge is 0.168 e. The van der Waals surface area contributed by atoms with Gasteiger partial charge in [-0.3, -0.25) is 0 Å². The molecular weight excluding hydrogens is 276 g/mol. The number of rotatable bonds is 12. The normalized spacial score (nSPS) is 18.3. The van der Waals surface area contributed by atoms with E-state index in [-0.39, 0.29) is 5.79 Å². The molecule has 0 aliphatic heterocycles. The van der Waals surface area contributed by atoms with Crippen LogP contribution in [-0.2, 0) is 9.47 Å². The molecule has 1 saturated carbocycles. The van der Waals surface area contributed by atoms with E-state index in [1.54, 1.807) is 0 Å². The zero-order valence-corrected chi connectivity index (χ0v) is 15.4. The number of likely N-dealkylation sites (N-methyl/N-ethyl adjacent to an activating group) is 2. The molecule has 4 heteroatoms. The highest BCUT2D eigenvalue weighted by atomic mass is 16.7. The van der Waals surface area contributed by atoms with Gasteiger partial charge in [0.25, 0.3) is 0 Å². The van der Waals surface area contributed by atoms with E-state index in [1.165, 1.54) is 19.3 Å². The Hall–Kier alpha value is -0.160. The van der Waals surface area contributed by atoms with Crippen LogP contribution in [0.15, 0.2) is 0 Å². The van der Waals surface area contributed by atoms with Gasteiger partial charge in [-0.05, 0) is 39.0 Å². The van der Waals surface area contributed by atoms with Gasteiger partial charge in [-0.25, -0.2) is 0 Å². The first-order valence-corrected chi connectivity index (χ1v) is 9.42. The van der Waals surface area contributed by atoms with Crippen LogP contribution in [0.5, 0.6) is 0 Å². The molecule has 0 aromatic carbocycles. The van der Waals surface area contributed by atoms with Crippen LogP contribution < -0.4 is 0 Å². The summed E-state index contributed by atoms with van der Waals surface area (Å²) in [6.45, 7) is 16.8. The minimum absolute atomic E-state index is 0.307. The third kappa shape index (κ3) is 6.95. The summed E-state index contributed by atoms with van der Waals surface area (Å²) in [6, 6.07) is 0. The molecule has 132 valence electrons. The predicted molar refractivity (Wildman–Crippen MR) is 93.3 cm³/mol. The van der Waals surface area contributed by atoms with Gasteiger partial charge in [0.2, 0.25) is 0 Å². The molecule has 22 heavy (non-hydrogen) atoms. The van der Waals surface area contributed by atoms with Crippen molar-refractivity contribution in [2.24, 2.45) is 0 Å². The summed E-state index contributed by atoms with van der Waals surface area (Å²) >= 11 is 0. The summed E-state index contributed by atoms with van der Waals surface area (Å²) in [4.78, 5) is 4.82. The van der Waals surface area contributed by atoms with Gasteiger partial charge in [-0.2, -0.15) is 0 Å². The van der Waals surface area contributed by atoms with Crippen LogP contribution in [0.25, 0.3) is 0 Å². The van der Waals surface area contributed by atoms with Gasteiger partial charge in [0.05, 0.1) is 13.2 Å². The van der Waals surface area contributed by atoms with Crippen LogP contribution in [0.1, 0.15) is 59.8 Å². The topological polar surface area (TPSA) is 24.9 Å². The summed E-state index contributed by atoms with van der Waals surface area (Å²) in [5.74, 6) is -0.307. The number of nitrogens with zero attached hydrogens (tertiary/aromatic N) is 2. The van der Waals surface area contributed by atoms with Crippen molar-refractivity contribution in [2.45, 2.75) is 65.6 Å². The van der Waals surface area contributed by atoms with E-state index in [4.69, 9.17) is 9.47 Å². The highest BCUT2D eigenvalue weighted by Crippen LogP contribution is 2.32. The van der Waals surface area contributed by atoms with Gasteiger partial charge in [0.1, 0.15) is 0 Å². The van der Waals surface area contributed by atoms with Gasteiger partial charge >= 0.3 is 0 Å². The van der Waals surface area contributed by atoms with E-state index in [1.807, 2.05) is 0 Å². The molecule has 1 rings (SSSR count). The maximum absolute atomic E-state index is 6.27. The highest BCUT2D eigenvalue weighted by Gasteiger charge is 2.34. The molecule has 0 saturated heterocycles. The fraction of sp³-hybridized carbons (Fsp3) is 1.00. The third-order valence-corrected chi connectivity index (χ3v) is 4.95. The molecule has 1 fully saturated rings. The van der Waals surface area contributed by atoms with Crippen molar-refractivity contribution < 1.29 is 9.47 Å². The van der Waals surface area contributed by atoms with Gasteiger partial charge in [0, 0.05) is 25.9 Å². The maximum Gasteiger partial charge on any atom is 0.168 e. The fourth-order valence-corrected chi connectivity index (χ4v) is 3.22. The first-order valence-electron chi connectivity index (χ1n) is 9.42. The largest absolute Gasteiger partial charge is 0.349 e. The average Bonchev–Trinajstić information content (AvgIpc) is 2.57. The number of ether oxygens (including phenoxy) is 2. The summed E-state index contributed by atoms with van der Waals surface area (Å²) in [5, 5.41) is 0. The lowest BCUT2D eigenvalue weighted by Gasteiger charge is -2.38. The third-order valence-electron chi connectivity index (χ3n) is 4.95. The summed E-state index contributed by atoms with van der Waals surface area (Å²) in [7, 11) is 0. The maximum atomic E-state index is 6.27.